The van der Waals surface area contributed by atoms with Crippen molar-refractivity contribution < 1.29 is 18.7 Å². The summed E-state index contributed by atoms with van der Waals surface area (Å²) in [6.07, 6.45) is -2.29. The lowest BCUT2D eigenvalue weighted by Gasteiger charge is -2.17. The van der Waals surface area contributed by atoms with E-state index in [1.165, 1.54) is 0 Å². The van der Waals surface area contributed by atoms with Gasteiger partial charge in [0.15, 0.2) is 0 Å². The fourth-order valence-corrected chi connectivity index (χ4v) is 2.73. The molecule has 19 heavy (non-hydrogen) atoms. The van der Waals surface area contributed by atoms with Crippen LogP contribution in [-0.4, -0.2) is 23.4 Å². The first kappa shape index (κ1) is 14.0. The Kier molecular flexibility index (Phi) is 4.17. The molecule has 1 aromatic rings. The molecule has 2 rings (SSSR count). The van der Waals surface area contributed by atoms with Gasteiger partial charge in [-0.1, -0.05) is 29.8 Å². The second-order valence-corrected chi connectivity index (χ2v) is 5.41. The fraction of sp³-hybridized carbons (Fsp3) is 0.533. The maximum absolute atomic E-state index is 13.2. The maximum Gasteiger partial charge on any atom is 0.310 e. The first-order valence-corrected chi connectivity index (χ1v) is 6.55. The summed E-state index contributed by atoms with van der Waals surface area (Å²) >= 11 is 0. The molecule has 2 nitrogen and oxygen atoms in total. The molecule has 0 amide bonds. The third kappa shape index (κ3) is 3.31. The number of carboxylic acids is 1. The van der Waals surface area contributed by atoms with Crippen LogP contribution in [0.5, 0.6) is 0 Å². The number of aryl methyl sites for hydroxylation is 1. The fourth-order valence-electron chi connectivity index (χ4n) is 2.73. The predicted molar refractivity (Wildman–Crippen MR) is 68.7 cm³/mol. The van der Waals surface area contributed by atoms with Crippen molar-refractivity contribution >= 4 is 5.97 Å². The summed E-state index contributed by atoms with van der Waals surface area (Å²) in [7, 11) is 0. The molecule has 4 heteroatoms. The van der Waals surface area contributed by atoms with Gasteiger partial charge in [0.05, 0.1) is 5.92 Å². The molecule has 0 aliphatic heterocycles. The smallest absolute Gasteiger partial charge is 0.310 e. The molecule has 0 radical (unpaired) electrons. The van der Waals surface area contributed by atoms with E-state index in [-0.39, 0.29) is 18.8 Å². The standard InChI is InChI=1S/C15H18F2O2/c1-9-2-4-11(5-3-9)12(15(18)19)6-10-7-13(16)14(17)8-10/h2-5,10,12-14H,6-8H2,1H3,(H,18,19)/t10?,12?,13-,14+. The molecule has 2 unspecified atom stereocenters. The average molecular weight is 268 g/mol. The van der Waals surface area contributed by atoms with Crippen LogP contribution in [-0.2, 0) is 4.79 Å². The zero-order valence-electron chi connectivity index (χ0n) is 10.9. The Hall–Kier alpha value is -1.45. The van der Waals surface area contributed by atoms with Gasteiger partial charge < -0.3 is 5.11 Å². The molecule has 1 aliphatic rings. The SMILES string of the molecule is Cc1ccc(C(CC2C[C@@H](F)[C@@H](F)C2)C(=O)O)cc1. The number of carbonyl (C=O) groups is 1. The van der Waals surface area contributed by atoms with Gasteiger partial charge in [0.2, 0.25) is 0 Å². The number of alkyl halides is 2. The van der Waals surface area contributed by atoms with Crippen LogP contribution in [0.2, 0.25) is 0 Å². The van der Waals surface area contributed by atoms with E-state index in [2.05, 4.69) is 0 Å². The summed E-state index contributed by atoms with van der Waals surface area (Å²) < 4.78 is 26.3. The summed E-state index contributed by atoms with van der Waals surface area (Å²) in [5.41, 5.74) is 1.76. The van der Waals surface area contributed by atoms with Gasteiger partial charge in [0, 0.05) is 0 Å². The monoisotopic (exact) mass is 268 g/mol. The number of rotatable bonds is 4. The summed E-state index contributed by atoms with van der Waals surface area (Å²) in [4.78, 5) is 11.3. The third-order valence-electron chi connectivity index (χ3n) is 3.86. The van der Waals surface area contributed by atoms with Crippen molar-refractivity contribution in [1.29, 1.82) is 0 Å². The van der Waals surface area contributed by atoms with Gasteiger partial charge in [-0.3, -0.25) is 4.79 Å². The molecule has 1 fully saturated rings. The summed E-state index contributed by atoms with van der Waals surface area (Å²) in [5.74, 6) is -1.79. The van der Waals surface area contributed by atoms with Gasteiger partial charge in [0.25, 0.3) is 0 Å². The topological polar surface area (TPSA) is 37.3 Å². The number of carboxylic acid groups (broad SMARTS) is 1. The molecule has 1 N–H and O–H groups in total. The van der Waals surface area contributed by atoms with E-state index < -0.39 is 24.2 Å². The lowest BCUT2D eigenvalue weighted by Crippen LogP contribution is -2.15. The number of benzene rings is 1. The highest BCUT2D eigenvalue weighted by molar-refractivity contribution is 5.76. The van der Waals surface area contributed by atoms with Crippen LogP contribution >= 0.6 is 0 Å². The van der Waals surface area contributed by atoms with Crippen LogP contribution in [0.1, 0.15) is 36.3 Å². The number of hydrogen-bond donors (Lipinski definition) is 1. The van der Waals surface area contributed by atoms with Crippen LogP contribution in [0.4, 0.5) is 8.78 Å². The predicted octanol–water partition coefficient (Wildman–Crippen LogP) is 3.64. The van der Waals surface area contributed by atoms with Crippen molar-refractivity contribution in [2.45, 2.75) is 44.4 Å². The quantitative estimate of drug-likeness (QED) is 0.905. The van der Waals surface area contributed by atoms with Crippen LogP contribution in [0.3, 0.4) is 0 Å². The molecule has 0 saturated heterocycles. The molecule has 0 heterocycles. The van der Waals surface area contributed by atoms with Crippen molar-refractivity contribution in [2.75, 3.05) is 0 Å². The van der Waals surface area contributed by atoms with E-state index in [9.17, 15) is 18.7 Å². The minimum atomic E-state index is -1.43. The highest BCUT2D eigenvalue weighted by Crippen LogP contribution is 2.37. The third-order valence-corrected chi connectivity index (χ3v) is 3.86. The lowest BCUT2D eigenvalue weighted by molar-refractivity contribution is -0.139. The van der Waals surface area contributed by atoms with E-state index in [1.807, 2.05) is 19.1 Å². The Morgan fingerprint density at radius 3 is 2.26 bits per heavy atom. The van der Waals surface area contributed by atoms with Gasteiger partial charge in [-0.05, 0) is 37.7 Å². The zero-order valence-corrected chi connectivity index (χ0v) is 10.9. The summed E-state index contributed by atoms with van der Waals surface area (Å²) in [6.45, 7) is 1.93. The molecule has 0 aromatic heterocycles. The molecule has 1 saturated carbocycles. The lowest BCUT2D eigenvalue weighted by atomic mass is 9.87. The minimum absolute atomic E-state index is 0.136. The molecule has 104 valence electrons. The van der Waals surface area contributed by atoms with Crippen molar-refractivity contribution in [3.8, 4) is 0 Å². The van der Waals surface area contributed by atoms with Crippen molar-refractivity contribution in [1.82, 2.24) is 0 Å². The second kappa shape index (κ2) is 5.68. The van der Waals surface area contributed by atoms with Crippen molar-refractivity contribution in [2.24, 2.45) is 5.92 Å². The van der Waals surface area contributed by atoms with E-state index in [1.54, 1.807) is 12.1 Å². The normalized spacial score (nSPS) is 28.3. The molecule has 1 aliphatic carbocycles. The highest BCUT2D eigenvalue weighted by Gasteiger charge is 2.37. The summed E-state index contributed by atoms with van der Waals surface area (Å²) in [6, 6.07) is 7.28. The number of aliphatic carboxylic acids is 1. The van der Waals surface area contributed by atoms with E-state index >= 15 is 0 Å². The molecular formula is C15H18F2O2. The zero-order chi connectivity index (χ0) is 14.0. The van der Waals surface area contributed by atoms with Crippen LogP contribution in [0, 0.1) is 12.8 Å². The van der Waals surface area contributed by atoms with Gasteiger partial charge in [0.1, 0.15) is 12.3 Å². The van der Waals surface area contributed by atoms with Crippen molar-refractivity contribution in [3.05, 3.63) is 35.4 Å². The van der Waals surface area contributed by atoms with Crippen LogP contribution in [0.25, 0.3) is 0 Å². The Labute approximate surface area is 111 Å². The molecule has 0 spiro atoms. The Bertz CT molecular complexity index is 434. The largest absolute Gasteiger partial charge is 0.481 e. The average Bonchev–Trinajstić information content (AvgIpc) is 2.67. The highest BCUT2D eigenvalue weighted by atomic mass is 19.2. The first-order chi connectivity index (χ1) is 8.97. The molecule has 4 atom stereocenters. The Morgan fingerprint density at radius 2 is 1.79 bits per heavy atom. The second-order valence-electron chi connectivity index (χ2n) is 5.41. The minimum Gasteiger partial charge on any atom is -0.481 e. The van der Waals surface area contributed by atoms with Gasteiger partial charge in [-0.2, -0.15) is 0 Å². The maximum atomic E-state index is 13.2. The van der Waals surface area contributed by atoms with E-state index in [4.69, 9.17) is 0 Å². The van der Waals surface area contributed by atoms with Gasteiger partial charge in [-0.25, -0.2) is 8.78 Å². The Balaban J connectivity index is 2.09. The molecule has 1 aromatic carbocycles. The van der Waals surface area contributed by atoms with Crippen LogP contribution < -0.4 is 0 Å². The van der Waals surface area contributed by atoms with Gasteiger partial charge in [-0.15, -0.1) is 0 Å². The Morgan fingerprint density at radius 1 is 1.26 bits per heavy atom. The first-order valence-electron chi connectivity index (χ1n) is 6.55. The van der Waals surface area contributed by atoms with E-state index in [0.29, 0.717) is 12.0 Å². The summed E-state index contributed by atoms with van der Waals surface area (Å²) in [5, 5.41) is 9.30. The molecular weight excluding hydrogens is 250 g/mol. The molecule has 0 bridgehead atoms. The van der Waals surface area contributed by atoms with Crippen LogP contribution in [0.15, 0.2) is 24.3 Å². The van der Waals surface area contributed by atoms with E-state index in [0.717, 1.165) is 5.56 Å². The number of hydrogen-bond acceptors (Lipinski definition) is 1. The van der Waals surface area contributed by atoms with Crippen molar-refractivity contribution in [3.63, 3.8) is 0 Å². The van der Waals surface area contributed by atoms with Gasteiger partial charge >= 0.3 is 5.97 Å². The number of halogens is 2.